The number of aliphatic hydroxyl groups excluding tert-OH is 1. The molecule has 0 aliphatic heterocycles. The molecule has 274 valence electrons. The molecule has 0 radical (unpaired) electrons. The van der Waals surface area contributed by atoms with Crippen LogP contribution < -0.4 is 5.73 Å². The summed E-state index contributed by atoms with van der Waals surface area (Å²) in [6.45, 7) is 12.7. The normalized spacial score (nSPS) is 10.5. The van der Waals surface area contributed by atoms with Crippen molar-refractivity contribution in [1.29, 1.82) is 0 Å². The van der Waals surface area contributed by atoms with Gasteiger partial charge in [0.15, 0.2) is 0 Å². The summed E-state index contributed by atoms with van der Waals surface area (Å²) in [5, 5.41) is 7.00. The molecular weight excluding hydrogens is 637 g/mol. The molecule has 0 aliphatic rings. The molecule has 1 aromatic heterocycles. The largest absolute Gasteiger partial charge is 0.400 e. The van der Waals surface area contributed by atoms with Crippen molar-refractivity contribution in [2.45, 2.75) is 65.5 Å². The molecule has 0 saturated heterocycles. The number of aromatic nitrogens is 2. The predicted octanol–water partition coefficient (Wildman–Crippen LogP) is 10.00. The molecule has 5 heteroatoms. The monoisotopic (exact) mass is 696 g/mol. The fraction of sp³-hybridized carbons (Fsp3) is 0.298. The molecule has 52 heavy (non-hydrogen) atoms. The van der Waals surface area contributed by atoms with Gasteiger partial charge in [-0.15, -0.1) is 0 Å². The predicted molar refractivity (Wildman–Crippen MR) is 224 cm³/mol. The van der Waals surface area contributed by atoms with Crippen molar-refractivity contribution in [3.8, 4) is 0 Å². The Labute approximate surface area is 313 Å². The second-order valence-corrected chi connectivity index (χ2v) is 12.6. The van der Waals surface area contributed by atoms with Crippen LogP contribution in [0.1, 0.15) is 77.9 Å². The number of fused-ring (bicyclic) bond motifs is 1. The first-order chi connectivity index (χ1) is 25.5. The summed E-state index contributed by atoms with van der Waals surface area (Å²) in [4.78, 5) is 7.20. The number of nitrogens with zero attached hydrogens (tertiary/aromatic N) is 3. The average Bonchev–Trinajstić information content (AvgIpc) is 3.54. The van der Waals surface area contributed by atoms with E-state index in [1.165, 1.54) is 38.9 Å². The highest BCUT2D eigenvalue weighted by atomic mass is 16.2. The second kappa shape index (κ2) is 22.9. The van der Waals surface area contributed by atoms with E-state index in [0.717, 1.165) is 62.8 Å². The SMILES string of the molecule is C=Cc1ccc2c(c1)nc(CCc1ccc(CN)cc1)n2C.CC.CCc1ccc(CN(C)CCC(c2ccccc2)c2ccccc2)cc1.CO. The Hall–Kier alpha value is -4.81. The molecule has 0 amide bonds. The maximum atomic E-state index is 7.00. The zero-order chi connectivity index (χ0) is 37.7. The van der Waals surface area contributed by atoms with Crippen molar-refractivity contribution in [1.82, 2.24) is 14.5 Å². The molecule has 6 aromatic rings. The van der Waals surface area contributed by atoms with E-state index in [0.29, 0.717) is 12.5 Å². The van der Waals surface area contributed by atoms with Crippen molar-refractivity contribution in [2.24, 2.45) is 12.8 Å². The summed E-state index contributed by atoms with van der Waals surface area (Å²) in [5.74, 6) is 1.56. The van der Waals surface area contributed by atoms with Crippen LogP contribution >= 0.6 is 0 Å². The third kappa shape index (κ3) is 12.4. The molecule has 0 saturated carbocycles. The lowest BCUT2D eigenvalue weighted by atomic mass is 9.88. The van der Waals surface area contributed by atoms with Crippen LogP contribution in [0.2, 0.25) is 0 Å². The van der Waals surface area contributed by atoms with Crippen LogP contribution in [-0.2, 0) is 39.4 Å². The Morgan fingerprint density at radius 2 is 1.29 bits per heavy atom. The lowest BCUT2D eigenvalue weighted by Gasteiger charge is -2.23. The van der Waals surface area contributed by atoms with Crippen LogP contribution in [0.3, 0.4) is 0 Å². The Balaban J connectivity index is 0.000000259. The summed E-state index contributed by atoms with van der Waals surface area (Å²) < 4.78 is 2.18. The molecule has 5 aromatic carbocycles. The van der Waals surface area contributed by atoms with E-state index in [-0.39, 0.29) is 0 Å². The average molecular weight is 697 g/mol. The number of nitrogens with two attached hydrogens (primary N) is 1. The summed E-state index contributed by atoms with van der Waals surface area (Å²) in [5.41, 5.74) is 17.0. The Morgan fingerprint density at radius 3 is 1.83 bits per heavy atom. The van der Waals surface area contributed by atoms with E-state index in [1.807, 2.05) is 19.9 Å². The summed E-state index contributed by atoms with van der Waals surface area (Å²) >= 11 is 0. The molecule has 0 spiro atoms. The first-order valence-electron chi connectivity index (χ1n) is 18.6. The molecule has 0 fully saturated rings. The molecule has 0 atom stereocenters. The third-order valence-electron chi connectivity index (χ3n) is 9.22. The highest BCUT2D eigenvalue weighted by Crippen LogP contribution is 2.28. The second-order valence-electron chi connectivity index (χ2n) is 12.6. The van der Waals surface area contributed by atoms with Crippen LogP contribution in [0.5, 0.6) is 0 Å². The van der Waals surface area contributed by atoms with Gasteiger partial charge in [0, 0.05) is 39.6 Å². The first kappa shape index (κ1) is 41.6. The van der Waals surface area contributed by atoms with Crippen LogP contribution in [0.4, 0.5) is 0 Å². The fourth-order valence-corrected chi connectivity index (χ4v) is 6.23. The van der Waals surface area contributed by atoms with Gasteiger partial charge in [-0.2, -0.15) is 0 Å². The van der Waals surface area contributed by atoms with Crippen LogP contribution in [0, 0.1) is 0 Å². The van der Waals surface area contributed by atoms with Crippen LogP contribution in [0.25, 0.3) is 17.1 Å². The fourth-order valence-electron chi connectivity index (χ4n) is 6.23. The van der Waals surface area contributed by atoms with Gasteiger partial charge >= 0.3 is 0 Å². The summed E-state index contributed by atoms with van der Waals surface area (Å²) in [7, 11) is 5.30. The van der Waals surface area contributed by atoms with Crippen molar-refractivity contribution in [3.05, 3.63) is 179 Å². The van der Waals surface area contributed by atoms with Gasteiger partial charge in [-0.1, -0.05) is 149 Å². The van der Waals surface area contributed by atoms with E-state index in [4.69, 9.17) is 15.8 Å². The maximum absolute atomic E-state index is 7.00. The molecular formula is C47H60N4O. The Kier molecular flexibility index (Phi) is 18.3. The number of aliphatic hydroxyl groups is 1. The Morgan fingerprint density at radius 1 is 0.750 bits per heavy atom. The number of rotatable bonds is 13. The number of aryl methyl sites for hydroxylation is 4. The Bertz CT molecular complexity index is 1810. The van der Waals surface area contributed by atoms with Gasteiger partial charge in [0.25, 0.3) is 0 Å². The van der Waals surface area contributed by atoms with Crippen molar-refractivity contribution < 1.29 is 5.11 Å². The van der Waals surface area contributed by atoms with Gasteiger partial charge in [0.1, 0.15) is 5.82 Å². The van der Waals surface area contributed by atoms with Gasteiger partial charge in [-0.25, -0.2) is 4.98 Å². The molecule has 1 heterocycles. The van der Waals surface area contributed by atoms with E-state index in [2.05, 4.69) is 164 Å². The highest BCUT2D eigenvalue weighted by Gasteiger charge is 2.15. The van der Waals surface area contributed by atoms with Gasteiger partial charge in [-0.3, -0.25) is 0 Å². The third-order valence-corrected chi connectivity index (χ3v) is 9.22. The van der Waals surface area contributed by atoms with Gasteiger partial charge in [0.2, 0.25) is 0 Å². The van der Waals surface area contributed by atoms with Gasteiger partial charge < -0.3 is 20.3 Å². The van der Waals surface area contributed by atoms with Crippen LogP contribution in [-0.4, -0.2) is 40.3 Å². The van der Waals surface area contributed by atoms with Crippen LogP contribution in [0.15, 0.2) is 134 Å². The minimum Gasteiger partial charge on any atom is -0.400 e. The van der Waals surface area contributed by atoms with Crippen molar-refractivity contribution >= 4 is 17.1 Å². The minimum absolute atomic E-state index is 0.447. The zero-order valence-electron chi connectivity index (χ0n) is 32.3. The molecule has 0 bridgehead atoms. The number of benzene rings is 5. The van der Waals surface area contributed by atoms with E-state index >= 15 is 0 Å². The number of hydrogen-bond acceptors (Lipinski definition) is 4. The molecule has 6 rings (SSSR count). The molecule has 0 aliphatic carbocycles. The molecule has 3 N–H and O–H groups in total. The minimum atomic E-state index is 0.447. The smallest absolute Gasteiger partial charge is 0.109 e. The lowest BCUT2D eigenvalue weighted by Crippen LogP contribution is -2.21. The number of imidazole rings is 1. The standard InChI is InChI=1S/C25H29N.C19H21N3.C2H6.CH4O/c1-3-21-14-16-22(17-15-21)20-26(2)19-18-25(23-10-6-4-7-11-23)24-12-8-5-9-13-24;1-3-14-8-10-18-17(12-14)21-19(22(18)2)11-9-15-4-6-16(13-20)7-5-15;2*1-2/h4-17,25H,3,18-20H2,1-2H3;3-8,10,12H,1,9,11,13,20H2,2H3;1-2H3;2H,1H3. The van der Waals surface area contributed by atoms with Gasteiger partial charge in [0.05, 0.1) is 11.0 Å². The lowest BCUT2D eigenvalue weighted by molar-refractivity contribution is 0.316. The van der Waals surface area contributed by atoms with Gasteiger partial charge in [-0.05, 0) is 83.9 Å². The topological polar surface area (TPSA) is 67.3 Å². The van der Waals surface area contributed by atoms with Crippen molar-refractivity contribution in [2.75, 3.05) is 20.7 Å². The number of hydrogen-bond donors (Lipinski definition) is 2. The maximum Gasteiger partial charge on any atom is 0.109 e. The summed E-state index contributed by atoms with van der Waals surface area (Å²) in [6.07, 6.45) is 5.99. The quantitative estimate of drug-likeness (QED) is 0.126. The zero-order valence-corrected chi connectivity index (χ0v) is 32.3. The molecule has 5 nitrogen and oxygen atoms in total. The van der Waals surface area contributed by atoms with E-state index < -0.39 is 0 Å². The highest BCUT2D eigenvalue weighted by molar-refractivity contribution is 5.79. The molecule has 0 unspecified atom stereocenters. The summed E-state index contributed by atoms with van der Waals surface area (Å²) in [6, 6.07) is 45.6. The van der Waals surface area contributed by atoms with Crippen molar-refractivity contribution in [3.63, 3.8) is 0 Å². The first-order valence-corrected chi connectivity index (χ1v) is 18.6. The van der Waals surface area contributed by atoms with E-state index in [9.17, 15) is 0 Å². The van der Waals surface area contributed by atoms with E-state index in [1.54, 1.807) is 0 Å².